The van der Waals surface area contributed by atoms with Crippen molar-refractivity contribution in [3.05, 3.63) is 29.8 Å². The molecule has 0 unspecified atom stereocenters. The molecule has 0 radical (unpaired) electrons. The molecule has 1 aromatic carbocycles. The van der Waals surface area contributed by atoms with E-state index >= 15 is 0 Å². The van der Waals surface area contributed by atoms with Crippen LogP contribution < -0.4 is 10.1 Å². The quantitative estimate of drug-likeness (QED) is 0.863. The van der Waals surface area contributed by atoms with Gasteiger partial charge < -0.3 is 14.8 Å². The van der Waals surface area contributed by atoms with Crippen molar-refractivity contribution >= 4 is 6.09 Å². The lowest BCUT2D eigenvalue weighted by molar-refractivity contribution is 0.0535. The van der Waals surface area contributed by atoms with E-state index in [0.29, 0.717) is 6.61 Å². The third-order valence-corrected chi connectivity index (χ3v) is 2.12. The van der Waals surface area contributed by atoms with Crippen molar-refractivity contribution in [2.24, 2.45) is 0 Å². The van der Waals surface area contributed by atoms with E-state index in [2.05, 4.69) is 17.2 Å². The summed E-state index contributed by atoms with van der Waals surface area (Å²) in [7, 11) is 0. The Balaban J connectivity index is 2.41. The lowest BCUT2D eigenvalue weighted by Crippen LogP contribution is -2.32. The average molecular weight is 275 g/mol. The number of benzene rings is 1. The number of hydrogen-bond acceptors (Lipinski definition) is 3. The van der Waals surface area contributed by atoms with Crippen LogP contribution in [0.3, 0.4) is 0 Å². The van der Waals surface area contributed by atoms with Crippen LogP contribution in [-0.4, -0.2) is 24.8 Å². The normalized spacial score (nSPS) is 10.2. The molecule has 0 aliphatic carbocycles. The number of amides is 1. The van der Waals surface area contributed by atoms with Crippen molar-refractivity contribution in [3.63, 3.8) is 0 Å². The summed E-state index contributed by atoms with van der Waals surface area (Å²) >= 11 is 0. The van der Waals surface area contributed by atoms with E-state index in [1.54, 1.807) is 0 Å². The number of nitrogens with one attached hydrogen (secondary N) is 1. The highest BCUT2D eigenvalue weighted by Crippen LogP contribution is 2.11. The fourth-order valence-corrected chi connectivity index (χ4v) is 1.38. The van der Waals surface area contributed by atoms with Crippen LogP contribution in [0.25, 0.3) is 0 Å². The van der Waals surface area contributed by atoms with Crippen LogP contribution in [0.5, 0.6) is 5.75 Å². The number of carbonyl (C=O) groups excluding carboxylic acids is 1. The van der Waals surface area contributed by atoms with Crippen molar-refractivity contribution in [1.82, 2.24) is 5.32 Å². The van der Waals surface area contributed by atoms with E-state index in [4.69, 9.17) is 9.47 Å². The summed E-state index contributed by atoms with van der Waals surface area (Å²) in [5, 5.41) is 2.58. The number of rotatable bonds is 3. The first-order valence-electron chi connectivity index (χ1n) is 6.59. The Bertz CT molecular complexity index is 489. The topological polar surface area (TPSA) is 47.6 Å². The maximum absolute atomic E-state index is 11.4. The molecule has 0 aromatic heterocycles. The molecule has 0 atom stereocenters. The zero-order valence-electron chi connectivity index (χ0n) is 12.4. The molecule has 0 bridgehead atoms. The summed E-state index contributed by atoms with van der Waals surface area (Å²) in [4.78, 5) is 11.4. The first kappa shape index (κ1) is 15.9. The van der Waals surface area contributed by atoms with Gasteiger partial charge in [0.1, 0.15) is 11.4 Å². The highest BCUT2D eigenvalue weighted by atomic mass is 16.6. The van der Waals surface area contributed by atoms with E-state index in [9.17, 15) is 4.79 Å². The average Bonchev–Trinajstić information content (AvgIpc) is 2.35. The van der Waals surface area contributed by atoms with Gasteiger partial charge in [0.2, 0.25) is 0 Å². The van der Waals surface area contributed by atoms with E-state index < -0.39 is 11.7 Å². The van der Waals surface area contributed by atoms with Crippen LogP contribution >= 0.6 is 0 Å². The summed E-state index contributed by atoms with van der Waals surface area (Å²) < 4.78 is 10.4. The Kier molecular flexibility index (Phi) is 5.92. The Morgan fingerprint density at radius 1 is 1.25 bits per heavy atom. The maximum Gasteiger partial charge on any atom is 0.408 e. The van der Waals surface area contributed by atoms with Crippen molar-refractivity contribution in [2.75, 3.05) is 13.2 Å². The van der Waals surface area contributed by atoms with Crippen LogP contribution in [0, 0.1) is 11.8 Å². The minimum Gasteiger partial charge on any atom is -0.494 e. The Labute approximate surface area is 120 Å². The predicted molar refractivity (Wildman–Crippen MR) is 78.7 cm³/mol. The minimum atomic E-state index is -0.493. The third-order valence-electron chi connectivity index (χ3n) is 2.12. The van der Waals surface area contributed by atoms with Gasteiger partial charge in [-0.3, -0.25) is 0 Å². The van der Waals surface area contributed by atoms with Gasteiger partial charge in [-0.25, -0.2) is 4.79 Å². The molecule has 0 heterocycles. The molecule has 108 valence electrons. The highest BCUT2D eigenvalue weighted by Gasteiger charge is 2.14. The molecule has 4 heteroatoms. The number of carbonyl (C=O) groups is 1. The van der Waals surface area contributed by atoms with Crippen molar-refractivity contribution in [2.45, 2.75) is 33.3 Å². The second-order valence-electron chi connectivity index (χ2n) is 5.11. The molecule has 1 aromatic rings. The van der Waals surface area contributed by atoms with Crippen LogP contribution in [0.1, 0.15) is 33.3 Å². The first-order valence-corrected chi connectivity index (χ1v) is 6.59. The smallest absolute Gasteiger partial charge is 0.408 e. The molecule has 0 fully saturated rings. The molecule has 1 N–H and O–H groups in total. The fraction of sp³-hybridized carbons (Fsp3) is 0.438. The predicted octanol–water partition coefficient (Wildman–Crippen LogP) is 2.96. The summed E-state index contributed by atoms with van der Waals surface area (Å²) in [5.41, 5.74) is 0.381. The third kappa shape index (κ3) is 6.69. The van der Waals surface area contributed by atoms with Crippen LogP contribution in [0.15, 0.2) is 24.3 Å². The number of alkyl carbamates (subject to hydrolysis) is 1. The maximum atomic E-state index is 11.4. The Morgan fingerprint density at radius 2 is 1.90 bits per heavy atom. The van der Waals surface area contributed by atoms with E-state index in [1.165, 1.54) is 0 Å². The van der Waals surface area contributed by atoms with Gasteiger partial charge in [0.25, 0.3) is 0 Å². The number of ether oxygens (including phenoxy) is 2. The Hall–Kier alpha value is -2.15. The molecule has 4 nitrogen and oxygen atoms in total. The molecule has 0 aliphatic heterocycles. The van der Waals surface area contributed by atoms with Gasteiger partial charge in [0.05, 0.1) is 13.2 Å². The second kappa shape index (κ2) is 7.44. The van der Waals surface area contributed by atoms with Gasteiger partial charge in [-0.1, -0.05) is 11.8 Å². The molecule has 20 heavy (non-hydrogen) atoms. The van der Waals surface area contributed by atoms with E-state index in [-0.39, 0.29) is 6.54 Å². The van der Waals surface area contributed by atoms with Gasteiger partial charge in [-0.15, -0.1) is 0 Å². The monoisotopic (exact) mass is 275 g/mol. The van der Waals surface area contributed by atoms with Crippen LogP contribution in [0.4, 0.5) is 4.79 Å². The zero-order valence-corrected chi connectivity index (χ0v) is 12.4. The highest BCUT2D eigenvalue weighted by molar-refractivity contribution is 5.68. The summed E-state index contributed by atoms with van der Waals surface area (Å²) in [5.74, 6) is 6.65. The second-order valence-corrected chi connectivity index (χ2v) is 5.11. The van der Waals surface area contributed by atoms with Gasteiger partial charge in [0.15, 0.2) is 0 Å². The summed E-state index contributed by atoms with van der Waals surface area (Å²) in [6.07, 6.45) is -0.460. The lowest BCUT2D eigenvalue weighted by atomic mass is 10.2. The van der Waals surface area contributed by atoms with Crippen molar-refractivity contribution < 1.29 is 14.3 Å². The SMILES string of the molecule is CCOc1ccc(C#CCNC(=O)OC(C)(C)C)cc1. The Morgan fingerprint density at radius 3 is 2.45 bits per heavy atom. The zero-order chi connectivity index (χ0) is 15.0. The lowest BCUT2D eigenvalue weighted by Gasteiger charge is -2.18. The molecular formula is C16H21NO3. The molecule has 1 amide bonds. The van der Waals surface area contributed by atoms with Gasteiger partial charge in [0, 0.05) is 5.56 Å². The molecule has 0 spiro atoms. The van der Waals surface area contributed by atoms with Crippen molar-refractivity contribution in [3.8, 4) is 17.6 Å². The number of hydrogen-bond donors (Lipinski definition) is 1. The van der Waals surface area contributed by atoms with Gasteiger partial charge in [-0.2, -0.15) is 0 Å². The van der Waals surface area contributed by atoms with Crippen LogP contribution in [0.2, 0.25) is 0 Å². The van der Waals surface area contributed by atoms with Gasteiger partial charge in [-0.05, 0) is 52.0 Å². The summed E-state index contributed by atoms with van der Waals surface area (Å²) in [6, 6.07) is 7.50. The van der Waals surface area contributed by atoms with E-state index in [0.717, 1.165) is 11.3 Å². The van der Waals surface area contributed by atoms with Crippen LogP contribution in [-0.2, 0) is 4.74 Å². The largest absolute Gasteiger partial charge is 0.494 e. The van der Waals surface area contributed by atoms with E-state index in [1.807, 2.05) is 52.0 Å². The molecule has 0 saturated heterocycles. The van der Waals surface area contributed by atoms with Crippen molar-refractivity contribution in [1.29, 1.82) is 0 Å². The minimum absolute atomic E-state index is 0.252. The molecule has 1 rings (SSSR count). The standard InChI is InChI=1S/C16H21NO3/c1-5-19-14-10-8-13(9-11-14)7-6-12-17-15(18)20-16(2,3)4/h8-11H,5,12H2,1-4H3,(H,17,18). The first-order chi connectivity index (χ1) is 9.40. The molecule has 0 saturated carbocycles. The molecular weight excluding hydrogens is 254 g/mol. The fourth-order valence-electron chi connectivity index (χ4n) is 1.38. The molecule has 0 aliphatic rings. The summed E-state index contributed by atoms with van der Waals surface area (Å²) in [6.45, 7) is 8.29. The van der Waals surface area contributed by atoms with Gasteiger partial charge >= 0.3 is 6.09 Å².